The first-order chi connectivity index (χ1) is 5.59. The molecule has 0 aromatic carbocycles. The van der Waals surface area contributed by atoms with Crippen LogP contribution >= 0.6 is 0 Å². The monoisotopic (exact) mass is 166 g/mol. The molecule has 0 aromatic rings. The summed E-state index contributed by atoms with van der Waals surface area (Å²) in [6.07, 6.45) is 6.07. The molecule has 0 bridgehead atoms. The van der Waals surface area contributed by atoms with Gasteiger partial charge >= 0.3 is 0 Å². The van der Waals surface area contributed by atoms with Crippen LogP contribution in [-0.2, 0) is 9.53 Å². The van der Waals surface area contributed by atoms with E-state index in [0.29, 0.717) is 6.42 Å². The Morgan fingerprint density at radius 1 is 1.50 bits per heavy atom. The molecule has 0 heterocycles. The molecule has 0 fully saturated rings. The van der Waals surface area contributed by atoms with Crippen molar-refractivity contribution in [1.29, 1.82) is 0 Å². The predicted molar refractivity (Wildman–Crippen MR) is 47.6 cm³/mol. The minimum Gasteiger partial charge on any atom is -0.500 e. The van der Waals surface area contributed by atoms with Gasteiger partial charge in [0.15, 0.2) is 0 Å². The third kappa shape index (κ3) is 1.42. The molecule has 0 atom stereocenters. The fourth-order valence-corrected chi connectivity index (χ4v) is 1.25. The van der Waals surface area contributed by atoms with Crippen LogP contribution < -0.4 is 0 Å². The zero-order valence-electron chi connectivity index (χ0n) is 7.76. The van der Waals surface area contributed by atoms with E-state index in [1.807, 2.05) is 32.1 Å². The first-order valence-electron chi connectivity index (χ1n) is 4.03. The molecule has 12 heavy (non-hydrogen) atoms. The van der Waals surface area contributed by atoms with Gasteiger partial charge in [-0.2, -0.15) is 0 Å². The lowest BCUT2D eigenvalue weighted by Crippen LogP contribution is -2.26. The Balaban J connectivity index is 3.02. The quantitative estimate of drug-likeness (QED) is 0.596. The fraction of sp³-hybridized carbons (Fsp3) is 0.500. The summed E-state index contributed by atoms with van der Waals surface area (Å²) in [5, 5.41) is 0. The maximum absolute atomic E-state index is 11.5. The molecular formula is C10H14O2. The summed E-state index contributed by atoms with van der Waals surface area (Å²) in [7, 11) is 1.60. The summed E-state index contributed by atoms with van der Waals surface area (Å²) in [5.41, 5.74) is -0.474. The van der Waals surface area contributed by atoms with E-state index in [4.69, 9.17) is 4.74 Å². The number of carbonyl (C=O) groups excluding carboxylic acids is 1. The van der Waals surface area contributed by atoms with Crippen molar-refractivity contribution in [2.45, 2.75) is 20.3 Å². The van der Waals surface area contributed by atoms with Crippen molar-refractivity contribution in [3.63, 3.8) is 0 Å². The SMILES string of the molecule is COC1=CC=CCC(=O)C1(C)C. The summed E-state index contributed by atoms with van der Waals surface area (Å²) in [6.45, 7) is 3.77. The predicted octanol–water partition coefficient (Wildman–Crippen LogP) is 2.07. The first-order valence-corrected chi connectivity index (χ1v) is 4.03. The molecule has 2 heteroatoms. The normalized spacial score (nSPS) is 21.6. The van der Waals surface area contributed by atoms with Gasteiger partial charge in [-0.25, -0.2) is 0 Å². The van der Waals surface area contributed by atoms with Crippen LogP contribution in [0.4, 0.5) is 0 Å². The highest BCUT2D eigenvalue weighted by Gasteiger charge is 2.32. The summed E-state index contributed by atoms with van der Waals surface area (Å²) in [4.78, 5) is 11.5. The number of hydrogen-bond acceptors (Lipinski definition) is 2. The Bertz CT molecular complexity index is 247. The summed E-state index contributed by atoms with van der Waals surface area (Å²) >= 11 is 0. The van der Waals surface area contributed by atoms with Crippen molar-refractivity contribution in [1.82, 2.24) is 0 Å². The summed E-state index contributed by atoms with van der Waals surface area (Å²) < 4.78 is 5.15. The van der Waals surface area contributed by atoms with Crippen molar-refractivity contribution >= 4 is 5.78 Å². The Morgan fingerprint density at radius 3 is 2.75 bits per heavy atom. The number of rotatable bonds is 1. The van der Waals surface area contributed by atoms with Crippen LogP contribution in [0.1, 0.15) is 20.3 Å². The van der Waals surface area contributed by atoms with E-state index < -0.39 is 5.41 Å². The van der Waals surface area contributed by atoms with Gasteiger partial charge in [0.25, 0.3) is 0 Å². The van der Waals surface area contributed by atoms with Crippen molar-refractivity contribution in [2.24, 2.45) is 5.41 Å². The highest BCUT2D eigenvalue weighted by Crippen LogP contribution is 2.30. The van der Waals surface area contributed by atoms with Crippen LogP contribution in [0.25, 0.3) is 0 Å². The third-order valence-corrected chi connectivity index (χ3v) is 2.22. The molecule has 0 radical (unpaired) electrons. The van der Waals surface area contributed by atoms with Crippen LogP contribution in [0, 0.1) is 5.41 Å². The highest BCUT2D eigenvalue weighted by atomic mass is 16.5. The fourth-order valence-electron chi connectivity index (χ4n) is 1.25. The highest BCUT2D eigenvalue weighted by molar-refractivity contribution is 5.88. The maximum atomic E-state index is 11.5. The Morgan fingerprint density at radius 2 is 2.17 bits per heavy atom. The minimum atomic E-state index is -0.474. The zero-order valence-corrected chi connectivity index (χ0v) is 7.76. The van der Waals surface area contributed by atoms with E-state index in [0.717, 1.165) is 5.76 Å². The molecule has 2 nitrogen and oxygen atoms in total. The van der Waals surface area contributed by atoms with Crippen LogP contribution in [0.2, 0.25) is 0 Å². The Kier molecular flexibility index (Phi) is 2.36. The maximum Gasteiger partial charge on any atom is 0.149 e. The number of methoxy groups -OCH3 is 1. The van der Waals surface area contributed by atoms with E-state index >= 15 is 0 Å². The molecule has 0 spiro atoms. The second-order valence-electron chi connectivity index (χ2n) is 3.42. The van der Waals surface area contributed by atoms with Gasteiger partial charge in [-0.3, -0.25) is 4.79 Å². The van der Waals surface area contributed by atoms with E-state index in [1.165, 1.54) is 0 Å². The number of ketones is 1. The number of Topliss-reactive ketones (excluding diaryl/α,β-unsaturated/α-hetero) is 1. The number of ether oxygens (including phenoxy) is 1. The molecule has 0 aromatic heterocycles. The second-order valence-corrected chi connectivity index (χ2v) is 3.42. The standard InChI is InChI=1S/C10H14O2/c1-10(2)8(11)6-4-5-7-9(10)12-3/h4-5,7H,6H2,1-3H3. The number of allylic oxidation sites excluding steroid dienone is 4. The van der Waals surface area contributed by atoms with Gasteiger partial charge in [0.1, 0.15) is 11.5 Å². The van der Waals surface area contributed by atoms with Gasteiger partial charge in [-0.1, -0.05) is 12.2 Å². The molecule has 66 valence electrons. The van der Waals surface area contributed by atoms with Crippen LogP contribution in [0.15, 0.2) is 24.0 Å². The number of hydrogen-bond donors (Lipinski definition) is 0. The average Bonchev–Trinajstić information content (AvgIpc) is 2.13. The molecule has 1 aliphatic carbocycles. The molecule has 0 saturated carbocycles. The lowest BCUT2D eigenvalue weighted by molar-refractivity contribution is -0.125. The molecule has 1 rings (SSSR count). The van der Waals surface area contributed by atoms with Crippen molar-refractivity contribution in [3.8, 4) is 0 Å². The van der Waals surface area contributed by atoms with Crippen molar-refractivity contribution in [2.75, 3.05) is 7.11 Å². The second kappa shape index (κ2) is 3.13. The molecule has 0 unspecified atom stereocenters. The largest absolute Gasteiger partial charge is 0.500 e. The van der Waals surface area contributed by atoms with E-state index in [-0.39, 0.29) is 5.78 Å². The molecule has 0 N–H and O–H groups in total. The lowest BCUT2D eigenvalue weighted by atomic mass is 9.85. The Hall–Kier alpha value is -1.05. The lowest BCUT2D eigenvalue weighted by Gasteiger charge is -2.23. The number of carbonyl (C=O) groups is 1. The summed E-state index contributed by atoms with van der Waals surface area (Å²) in [6, 6.07) is 0. The van der Waals surface area contributed by atoms with E-state index in [2.05, 4.69) is 0 Å². The van der Waals surface area contributed by atoms with E-state index in [9.17, 15) is 4.79 Å². The Labute approximate surface area is 72.9 Å². The topological polar surface area (TPSA) is 26.3 Å². The van der Waals surface area contributed by atoms with Crippen molar-refractivity contribution in [3.05, 3.63) is 24.0 Å². The molecular weight excluding hydrogens is 152 g/mol. The van der Waals surface area contributed by atoms with Gasteiger partial charge in [0, 0.05) is 6.42 Å². The molecule has 0 saturated heterocycles. The molecule has 1 aliphatic rings. The minimum absolute atomic E-state index is 0.198. The van der Waals surface area contributed by atoms with E-state index in [1.54, 1.807) is 7.11 Å². The van der Waals surface area contributed by atoms with Gasteiger partial charge in [0.05, 0.1) is 12.5 Å². The van der Waals surface area contributed by atoms with Gasteiger partial charge in [-0.05, 0) is 19.9 Å². The van der Waals surface area contributed by atoms with Crippen molar-refractivity contribution < 1.29 is 9.53 Å². The van der Waals surface area contributed by atoms with Crippen LogP contribution in [-0.4, -0.2) is 12.9 Å². The smallest absolute Gasteiger partial charge is 0.149 e. The van der Waals surface area contributed by atoms with Crippen LogP contribution in [0.3, 0.4) is 0 Å². The molecule has 0 aliphatic heterocycles. The van der Waals surface area contributed by atoms with Crippen LogP contribution in [0.5, 0.6) is 0 Å². The molecule has 0 amide bonds. The zero-order chi connectivity index (χ0) is 9.19. The average molecular weight is 166 g/mol. The van der Waals surface area contributed by atoms with Gasteiger partial charge < -0.3 is 4.74 Å². The first kappa shape index (κ1) is 9.04. The summed E-state index contributed by atoms with van der Waals surface area (Å²) in [5.74, 6) is 0.936. The third-order valence-electron chi connectivity index (χ3n) is 2.22. The van der Waals surface area contributed by atoms with Gasteiger partial charge in [-0.15, -0.1) is 0 Å². The van der Waals surface area contributed by atoms with Gasteiger partial charge in [0.2, 0.25) is 0 Å².